The lowest BCUT2D eigenvalue weighted by Crippen LogP contribution is -2.07. The van der Waals surface area contributed by atoms with Gasteiger partial charge in [0.25, 0.3) is 0 Å². The highest BCUT2D eigenvalue weighted by Crippen LogP contribution is 2.28. The van der Waals surface area contributed by atoms with E-state index in [-0.39, 0.29) is 0 Å². The number of benzene rings is 1. The molecule has 0 saturated carbocycles. The van der Waals surface area contributed by atoms with E-state index in [1.54, 1.807) is 23.6 Å². The molecule has 0 N–H and O–H groups in total. The van der Waals surface area contributed by atoms with Crippen molar-refractivity contribution < 1.29 is 0 Å². The highest BCUT2D eigenvalue weighted by molar-refractivity contribution is 7.16. The molecule has 0 aliphatic carbocycles. The van der Waals surface area contributed by atoms with Crippen LogP contribution in [0.2, 0.25) is 4.34 Å². The highest BCUT2D eigenvalue weighted by atomic mass is 35.5. The van der Waals surface area contributed by atoms with Gasteiger partial charge < -0.3 is 4.57 Å². The highest BCUT2D eigenvalue weighted by Gasteiger charge is 2.17. The zero-order chi connectivity index (χ0) is 21.4. The standard InChI is InChI=1S/C22H15ClN6S2/c1-13-26-18(21(23)31-13)11-29-19-7-14(9-24)4-5-17(19)28-20(29)8-16-12-30-22(27-16)15-3-2-6-25-10-15/h2-7,10,12H,8,11H2,1H3. The first-order valence-corrected chi connectivity index (χ1v) is 11.5. The van der Waals surface area contributed by atoms with E-state index in [0.717, 1.165) is 43.8 Å². The lowest BCUT2D eigenvalue weighted by molar-refractivity contribution is 0.743. The van der Waals surface area contributed by atoms with E-state index < -0.39 is 0 Å². The molecule has 152 valence electrons. The molecule has 5 rings (SSSR count). The topological polar surface area (TPSA) is 80.3 Å². The van der Waals surface area contributed by atoms with E-state index in [4.69, 9.17) is 21.6 Å². The molecule has 4 aromatic heterocycles. The number of halogens is 1. The molecular weight excluding hydrogens is 448 g/mol. The molecule has 0 aliphatic heterocycles. The SMILES string of the molecule is Cc1nc(Cn2c(Cc3csc(-c4cccnc4)n3)nc3ccc(C#N)cc32)c(Cl)s1. The zero-order valence-electron chi connectivity index (χ0n) is 16.4. The van der Waals surface area contributed by atoms with Gasteiger partial charge >= 0.3 is 0 Å². The van der Waals surface area contributed by atoms with Crippen LogP contribution in [0.15, 0.2) is 48.1 Å². The van der Waals surface area contributed by atoms with E-state index in [1.165, 1.54) is 11.3 Å². The van der Waals surface area contributed by atoms with Crippen molar-refractivity contribution in [3.63, 3.8) is 0 Å². The Hall–Kier alpha value is -3.12. The monoisotopic (exact) mass is 462 g/mol. The number of thiazole rings is 2. The first kappa shape index (κ1) is 19.8. The van der Waals surface area contributed by atoms with Gasteiger partial charge in [-0.2, -0.15) is 5.26 Å². The number of aromatic nitrogens is 5. The number of pyridine rings is 1. The lowest BCUT2D eigenvalue weighted by Gasteiger charge is -2.07. The number of aryl methyl sites for hydroxylation is 1. The van der Waals surface area contributed by atoms with Crippen LogP contribution in [0.4, 0.5) is 0 Å². The molecule has 5 aromatic rings. The van der Waals surface area contributed by atoms with Crippen molar-refractivity contribution in [2.45, 2.75) is 19.9 Å². The minimum Gasteiger partial charge on any atom is -0.321 e. The van der Waals surface area contributed by atoms with Crippen LogP contribution in [0.5, 0.6) is 0 Å². The summed E-state index contributed by atoms with van der Waals surface area (Å²) in [7, 11) is 0. The summed E-state index contributed by atoms with van der Waals surface area (Å²) in [4.78, 5) is 18.4. The first-order valence-electron chi connectivity index (χ1n) is 9.46. The van der Waals surface area contributed by atoms with Crippen molar-refractivity contribution >= 4 is 45.3 Å². The summed E-state index contributed by atoms with van der Waals surface area (Å²) in [6, 6.07) is 11.6. The third kappa shape index (κ3) is 3.95. The van der Waals surface area contributed by atoms with Gasteiger partial charge in [0.15, 0.2) is 0 Å². The number of hydrogen-bond acceptors (Lipinski definition) is 7. The summed E-state index contributed by atoms with van der Waals surface area (Å²) in [5, 5.41) is 13.2. The van der Waals surface area contributed by atoms with Gasteiger partial charge in [0.05, 0.1) is 45.6 Å². The van der Waals surface area contributed by atoms with Gasteiger partial charge in [-0.15, -0.1) is 22.7 Å². The van der Waals surface area contributed by atoms with Crippen LogP contribution < -0.4 is 0 Å². The molecule has 31 heavy (non-hydrogen) atoms. The largest absolute Gasteiger partial charge is 0.321 e. The summed E-state index contributed by atoms with van der Waals surface area (Å²) >= 11 is 9.46. The molecule has 0 fully saturated rings. The molecule has 0 unspecified atom stereocenters. The van der Waals surface area contributed by atoms with Crippen LogP contribution in [0.1, 0.15) is 27.8 Å². The predicted molar refractivity (Wildman–Crippen MR) is 124 cm³/mol. The molecule has 0 spiro atoms. The molecule has 1 aromatic carbocycles. The Morgan fingerprint density at radius 2 is 2.10 bits per heavy atom. The molecule has 0 bridgehead atoms. The molecule has 0 radical (unpaired) electrons. The summed E-state index contributed by atoms with van der Waals surface area (Å²) in [6.45, 7) is 2.43. The summed E-state index contributed by atoms with van der Waals surface area (Å²) in [6.07, 6.45) is 4.13. The average Bonchev–Trinajstić information content (AvgIpc) is 3.47. The van der Waals surface area contributed by atoms with Gasteiger partial charge in [0, 0.05) is 29.8 Å². The van der Waals surface area contributed by atoms with Gasteiger partial charge in [-0.25, -0.2) is 15.0 Å². The van der Waals surface area contributed by atoms with Crippen molar-refractivity contribution in [1.29, 1.82) is 5.26 Å². The first-order chi connectivity index (χ1) is 15.1. The zero-order valence-corrected chi connectivity index (χ0v) is 18.8. The van der Waals surface area contributed by atoms with Crippen LogP contribution in [0.25, 0.3) is 21.6 Å². The molecule has 0 amide bonds. The smallest absolute Gasteiger partial charge is 0.125 e. The molecule has 9 heteroatoms. The number of rotatable bonds is 5. The Kier molecular flexibility index (Phi) is 5.24. The number of nitrogens with zero attached hydrogens (tertiary/aromatic N) is 6. The normalized spacial score (nSPS) is 11.1. The van der Waals surface area contributed by atoms with Crippen LogP contribution in [0, 0.1) is 18.3 Å². The average molecular weight is 463 g/mol. The van der Waals surface area contributed by atoms with E-state index in [9.17, 15) is 5.26 Å². The molecular formula is C22H15ClN6S2. The number of fused-ring (bicyclic) bond motifs is 1. The van der Waals surface area contributed by atoms with Crippen molar-refractivity contribution in [3.05, 3.63) is 80.2 Å². The second-order valence-corrected chi connectivity index (χ2v) is 9.61. The van der Waals surface area contributed by atoms with Gasteiger partial charge in [0.2, 0.25) is 0 Å². The van der Waals surface area contributed by atoms with E-state index >= 15 is 0 Å². The van der Waals surface area contributed by atoms with Gasteiger partial charge in [-0.1, -0.05) is 11.6 Å². The molecule has 4 heterocycles. The van der Waals surface area contributed by atoms with Crippen molar-refractivity contribution in [2.24, 2.45) is 0 Å². The molecule has 0 aliphatic rings. The lowest BCUT2D eigenvalue weighted by atomic mass is 10.2. The predicted octanol–water partition coefficient (Wildman–Crippen LogP) is 5.48. The van der Waals surface area contributed by atoms with Crippen molar-refractivity contribution in [2.75, 3.05) is 0 Å². The minimum absolute atomic E-state index is 0.490. The molecule has 6 nitrogen and oxygen atoms in total. The maximum Gasteiger partial charge on any atom is 0.125 e. The van der Waals surface area contributed by atoms with Gasteiger partial charge in [-0.05, 0) is 37.3 Å². The van der Waals surface area contributed by atoms with Crippen molar-refractivity contribution in [3.8, 4) is 16.6 Å². The number of nitriles is 1. The Morgan fingerprint density at radius 1 is 1.19 bits per heavy atom. The minimum atomic E-state index is 0.490. The molecule has 0 atom stereocenters. The maximum atomic E-state index is 9.35. The second-order valence-electron chi connectivity index (χ2n) is 6.95. The Balaban J connectivity index is 1.55. The molecule has 0 saturated heterocycles. The van der Waals surface area contributed by atoms with Crippen LogP contribution in [0.3, 0.4) is 0 Å². The Bertz CT molecular complexity index is 1430. The number of imidazole rings is 1. The fraction of sp³-hybridized carbons (Fsp3) is 0.136. The van der Waals surface area contributed by atoms with E-state index in [0.29, 0.717) is 22.9 Å². The summed E-state index contributed by atoms with van der Waals surface area (Å²) in [5.74, 6) is 0.856. The van der Waals surface area contributed by atoms with Gasteiger partial charge in [0.1, 0.15) is 15.2 Å². The summed E-state index contributed by atoms with van der Waals surface area (Å²) in [5.41, 5.74) is 5.05. The Morgan fingerprint density at radius 3 is 2.84 bits per heavy atom. The fourth-order valence-corrected chi connectivity index (χ4v) is 5.31. The quantitative estimate of drug-likeness (QED) is 0.345. The second kappa shape index (κ2) is 8.19. The van der Waals surface area contributed by atoms with E-state index in [1.807, 2.05) is 42.8 Å². The van der Waals surface area contributed by atoms with Gasteiger partial charge in [-0.3, -0.25) is 4.98 Å². The maximum absolute atomic E-state index is 9.35. The fourth-order valence-electron chi connectivity index (χ4n) is 3.42. The third-order valence-electron chi connectivity index (χ3n) is 4.82. The van der Waals surface area contributed by atoms with Crippen LogP contribution in [-0.2, 0) is 13.0 Å². The van der Waals surface area contributed by atoms with Crippen LogP contribution >= 0.6 is 34.3 Å². The Labute approximate surface area is 191 Å². The van der Waals surface area contributed by atoms with Crippen LogP contribution in [-0.4, -0.2) is 24.5 Å². The summed E-state index contributed by atoms with van der Waals surface area (Å²) < 4.78 is 2.76. The number of hydrogen-bond donors (Lipinski definition) is 0. The third-order valence-corrected chi connectivity index (χ3v) is 7.01. The van der Waals surface area contributed by atoms with E-state index in [2.05, 4.69) is 20.6 Å². The van der Waals surface area contributed by atoms with Crippen molar-refractivity contribution in [1.82, 2.24) is 24.5 Å².